The van der Waals surface area contributed by atoms with Crippen molar-refractivity contribution in [3.63, 3.8) is 0 Å². The predicted octanol–water partition coefficient (Wildman–Crippen LogP) is 1.39. The predicted molar refractivity (Wildman–Crippen MR) is 69.5 cm³/mol. The molecule has 0 saturated carbocycles. The van der Waals surface area contributed by atoms with E-state index in [2.05, 4.69) is 4.72 Å². The first-order valence-corrected chi connectivity index (χ1v) is 7.15. The van der Waals surface area contributed by atoms with Crippen LogP contribution in [-0.4, -0.2) is 25.7 Å². The number of rotatable bonds is 5. The summed E-state index contributed by atoms with van der Waals surface area (Å²) in [6.07, 6.45) is 3.63. The number of sulfonamides is 1. The van der Waals surface area contributed by atoms with Crippen LogP contribution in [0.2, 0.25) is 0 Å². The number of carboxylic acids is 1. The normalized spacial score (nSPS) is 13.7. The Labute approximate surface area is 106 Å². The van der Waals surface area contributed by atoms with Gasteiger partial charge in [0.05, 0.1) is 6.26 Å². The van der Waals surface area contributed by atoms with Crippen molar-refractivity contribution in [3.8, 4) is 0 Å². The molecule has 1 aromatic rings. The molecule has 0 radical (unpaired) electrons. The maximum absolute atomic E-state index is 11.1. The molecule has 0 amide bonds. The maximum Gasteiger partial charge on any atom is 0.328 e. The second-order valence-electron chi connectivity index (χ2n) is 3.95. The first-order valence-electron chi connectivity index (χ1n) is 5.26. The van der Waals surface area contributed by atoms with E-state index in [1.165, 1.54) is 6.08 Å². The molecule has 18 heavy (non-hydrogen) atoms. The van der Waals surface area contributed by atoms with Gasteiger partial charge in [-0.05, 0) is 24.1 Å². The van der Waals surface area contributed by atoms with Gasteiger partial charge in [-0.1, -0.05) is 24.3 Å². The fourth-order valence-electron chi connectivity index (χ4n) is 1.45. The summed E-state index contributed by atoms with van der Waals surface area (Å²) in [5.74, 6) is -1.01. The molecule has 1 aromatic carbocycles. The number of carboxylic acid groups (broad SMARTS) is 1. The summed E-state index contributed by atoms with van der Waals surface area (Å²) in [7, 11) is -3.24. The number of hydrogen-bond donors (Lipinski definition) is 2. The van der Waals surface area contributed by atoms with Crippen LogP contribution in [0.15, 0.2) is 30.3 Å². The Kier molecular flexibility index (Phi) is 4.63. The van der Waals surface area contributed by atoms with E-state index in [1.54, 1.807) is 31.2 Å². The fraction of sp³-hybridized carbons (Fsp3) is 0.250. The summed E-state index contributed by atoms with van der Waals surface area (Å²) in [5.41, 5.74) is 1.56. The second-order valence-corrected chi connectivity index (χ2v) is 5.73. The van der Waals surface area contributed by atoms with Crippen molar-refractivity contribution in [2.75, 3.05) is 6.26 Å². The number of carbonyl (C=O) groups is 1. The Morgan fingerprint density at radius 1 is 1.33 bits per heavy atom. The third-order valence-electron chi connectivity index (χ3n) is 2.25. The maximum atomic E-state index is 11.1. The van der Waals surface area contributed by atoms with Gasteiger partial charge < -0.3 is 5.11 Å². The van der Waals surface area contributed by atoms with Crippen molar-refractivity contribution in [2.45, 2.75) is 13.0 Å². The Morgan fingerprint density at radius 2 is 1.89 bits per heavy atom. The largest absolute Gasteiger partial charge is 0.478 e. The minimum Gasteiger partial charge on any atom is -0.478 e. The lowest BCUT2D eigenvalue weighted by Crippen LogP contribution is -2.25. The number of nitrogens with one attached hydrogen (secondary N) is 1. The Bertz CT molecular complexity index is 546. The van der Waals surface area contributed by atoms with E-state index < -0.39 is 16.0 Å². The van der Waals surface area contributed by atoms with Crippen LogP contribution in [0.25, 0.3) is 6.08 Å². The Morgan fingerprint density at radius 3 is 2.33 bits per heavy atom. The van der Waals surface area contributed by atoms with E-state index in [0.29, 0.717) is 0 Å². The van der Waals surface area contributed by atoms with Crippen molar-refractivity contribution in [3.05, 3.63) is 41.5 Å². The summed E-state index contributed by atoms with van der Waals surface area (Å²) in [4.78, 5) is 10.3. The van der Waals surface area contributed by atoms with Gasteiger partial charge in [-0.3, -0.25) is 0 Å². The van der Waals surface area contributed by atoms with Crippen molar-refractivity contribution in [1.82, 2.24) is 4.72 Å². The van der Waals surface area contributed by atoms with Gasteiger partial charge in [0.2, 0.25) is 10.0 Å². The monoisotopic (exact) mass is 269 g/mol. The molecular formula is C12H15NO4S. The van der Waals surface area contributed by atoms with E-state index in [0.717, 1.165) is 23.5 Å². The lowest BCUT2D eigenvalue weighted by Gasteiger charge is -2.12. The van der Waals surface area contributed by atoms with E-state index in [9.17, 15) is 13.2 Å². The van der Waals surface area contributed by atoms with Gasteiger partial charge in [0.25, 0.3) is 0 Å². The smallest absolute Gasteiger partial charge is 0.328 e. The average molecular weight is 269 g/mol. The molecule has 98 valence electrons. The third kappa shape index (κ3) is 5.11. The zero-order valence-electron chi connectivity index (χ0n) is 10.1. The zero-order chi connectivity index (χ0) is 13.8. The summed E-state index contributed by atoms with van der Waals surface area (Å²) in [6.45, 7) is 1.74. The molecular weight excluding hydrogens is 254 g/mol. The summed E-state index contributed by atoms with van der Waals surface area (Å²) < 4.78 is 24.6. The lowest BCUT2D eigenvalue weighted by molar-refractivity contribution is -0.131. The topological polar surface area (TPSA) is 83.5 Å². The number of hydrogen-bond acceptors (Lipinski definition) is 3. The highest BCUT2D eigenvalue weighted by atomic mass is 32.2. The Balaban J connectivity index is 2.79. The van der Waals surface area contributed by atoms with E-state index in [-0.39, 0.29) is 6.04 Å². The molecule has 5 nitrogen and oxygen atoms in total. The highest BCUT2D eigenvalue weighted by Gasteiger charge is 2.10. The van der Waals surface area contributed by atoms with Crippen molar-refractivity contribution >= 4 is 22.1 Å². The molecule has 6 heteroatoms. The van der Waals surface area contributed by atoms with Gasteiger partial charge in [0.1, 0.15) is 0 Å². The molecule has 0 fully saturated rings. The molecule has 1 atom stereocenters. The summed E-state index contributed by atoms with van der Waals surface area (Å²) in [5, 5.41) is 8.48. The molecule has 0 spiro atoms. The van der Waals surface area contributed by atoms with Crippen molar-refractivity contribution in [1.29, 1.82) is 0 Å². The average Bonchev–Trinajstić information content (AvgIpc) is 2.24. The molecule has 2 N–H and O–H groups in total. The fourth-order valence-corrected chi connectivity index (χ4v) is 2.23. The van der Waals surface area contributed by atoms with Gasteiger partial charge in [0, 0.05) is 12.1 Å². The number of benzene rings is 1. The molecule has 0 heterocycles. The molecule has 0 bridgehead atoms. The molecule has 0 aromatic heterocycles. The first-order chi connectivity index (χ1) is 8.28. The minimum atomic E-state index is -3.24. The molecule has 1 rings (SSSR count). The SMILES string of the molecule is CC(NS(C)(=O)=O)c1ccc(C=CC(=O)O)cc1. The molecule has 0 aliphatic carbocycles. The molecule has 1 unspecified atom stereocenters. The lowest BCUT2D eigenvalue weighted by atomic mass is 10.1. The van der Waals surface area contributed by atoms with Crippen molar-refractivity contribution in [2.24, 2.45) is 0 Å². The quantitative estimate of drug-likeness (QED) is 0.791. The summed E-state index contributed by atoms with van der Waals surface area (Å²) in [6, 6.07) is 6.65. The van der Waals surface area contributed by atoms with Crippen LogP contribution >= 0.6 is 0 Å². The van der Waals surface area contributed by atoms with Crippen LogP contribution in [0.5, 0.6) is 0 Å². The van der Waals surface area contributed by atoms with Crippen LogP contribution in [0.4, 0.5) is 0 Å². The van der Waals surface area contributed by atoms with Crippen LogP contribution in [0.1, 0.15) is 24.1 Å². The molecule has 0 aliphatic heterocycles. The third-order valence-corrected chi connectivity index (χ3v) is 3.03. The first kappa shape index (κ1) is 14.4. The van der Waals surface area contributed by atoms with Gasteiger partial charge in [0.15, 0.2) is 0 Å². The highest BCUT2D eigenvalue weighted by molar-refractivity contribution is 7.88. The standard InChI is InChI=1S/C12H15NO4S/c1-9(13-18(2,16)17)11-6-3-10(4-7-11)5-8-12(14)15/h3-9,13H,1-2H3,(H,14,15). The zero-order valence-corrected chi connectivity index (χ0v) is 10.9. The van der Waals surface area contributed by atoms with Crippen LogP contribution in [0.3, 0.4) is 0 Å². The minimum absolute atomic E-state index is 0.322. The van der Waals surface area contributed by atoms with Crippen LogP contribution in [0, 0.1) is 0 Å². The number of aliphatic carboxylic acids is 1. The van der Waals surface area contributed by atoms with Gasteiger partial charge in [-0.25, -0.2) is 17.9 Å². The summed E-state index contributed by atoms with van der Waals surface area (Å²) >= 11 is 0. The van der Waals surface area contributed by atoms with Crippen molar-refractivity contribution < 1.29 is 18.3 Å². The van der Waals surface area contributed by atoms with E-state index >= 15 is 0 Å². The molecule has 0 saturated heterocycles. The van der Waals surface area contributed by atoms with Gasteiger partial charge in [-0.2, -0.15) is 0 Å². The van der Waals surface area contributed by atoms with Crippen LogP contribution in [-0.2, 0) is 14.8 Å². The second kappa shape index (κ2) is 5.79. The van der Waals surface area contributed by atoms with Gasteiger partial charge in [-0.15, -0.1) is 0 Å². The van der Waals surface area contributed by atoms with E-state index in [1.807, 2.05) is 0 Å². The van der Waals surface area contributed by atoms with Crippen LogP contribution < -0.4 is 4.72 Å². The molecule has 0 aliphatic rings. The highest BCUT2D eigenvalue weighted by Crippen LogP contribution is 2.14. The van der Waals surface area contributed by atoms with E-state index in [4.69, 9.17) is 5.11 Å². The van der Waals surface area contributed by atoms with Gasteiger partial charge >= 0.3 is 5.97 Å². The Hall–Kier alpha value is -1.66.